The van der Waals surface area contributed by atoms with Gasteiger partial charge in [0.2, 0.25) is 10.0 Å². The van der Waals surface area contributed by atoms with Gasteiger partial charge < -0.3 is 9.80 Å². The molecule has 1 aliphatic heterocycles. The molecule has 0 bridgehead atoms. The van der Waals surface area contributed by atoms with Gasteiger partial charge in [0.25, 0.3) is 5.91 Å². The molecule has 1 saturated heterocycles. The van der Waals surface area contributed by atoms with E-state index < -0.39 is 21.7 Å². The van der Waals surface area contributed by atoms with E-state index in [4.69, 9.17) is 0 Å². The highest BCUT2D eigenvalue weighted by molar-refractivity contribution is 7.89. The van der Waals surface area contributed by atoms with Crippen molar-refractivity contribution in [1.82, 2.24) is 14.2 Å². The number of aromatic nitrogens is 1. The minimum atomic E-state index is -3.55. The molecule has 31 heavy (non-hydrogen) atoms. The molecule has 164 valence electrons. The van der Waals surface area contributed by atoms with Crippen molar-refractivity contribution in [3.8, 4) is 0 Å². The van der Waals surface area contributed by atoms with Crippen LogP contribution in [0.5, 0.6) is 0 Å². The zero-order chi connectivity index (χ0) is 22.3. The lowest BCUT2D eigenvalue weighted by atomic mass is 10.2. The highest BCUT2D eigenvalue weighted by atomic mass is 32.2. The van der Waals surface area contributed by atoms with E-state index in [9.17, 15) is 22.0 Å². The fraction of sp³-hybridized carbons (Fsp3) is 0.300. The first kappa shape index (κ1) is 21.6. The molecule has 0 unspecified atom stereocenters. The number of fused-ring (bicyclic) bond motifs is 1. The van der Waals surface area contributed by atoms with Crippen LogP contribution in [0.2, 0.25) is 0 Å². The number of carbonyl (C=O) groups excluding carboxylic acids is 1. The monoisotopic (exact) mass is 466 g/mol. The van der Waals surface area contributed by atoms with Crippen molar-refractivity contribution >= 4 is 42.6 Å². The minimum absolute atomic E-state index is 0.123. The van der Waals surface area contributed by atoms with Gasteiger partial charge >= 0.3 is 0 Å². The van der Waals surface area contributed by atoms with Crippen LogP contribution >= 0.6 is 11.3 Å². The van der Waals surface area contributed by atoms with Crippen molar-refractivity contribution in [2.45, 2.75) is 4.90 Å². The lowest BCUT2D eigenvalue weighted by molar-refractivity contribution is 0.0746. The average Bonchev–Trinajstić information content (AvgIpc) is 3.18. The first-order valence-corrected chi connectivity index (χ1v) is 11.7. The predicted octanol–water partition coefficient (Wildman–Crippen LogP) is 2.79. The molecule has 1 aromatic heterocycles. The van der Waals surface area contributed by atoms with Crippen LogP contribution in [-0.4, -0.2) is 68.8 Å². The van der Waals surface area contributed by atoms with E-state index in [-0.39, 0.29) is 16.3 Å². The summed E-state index contributed by atoms with van der Waals surface area (Å²) < 4.78 is 53.2. The van der Waals surface area contributed by atoms with Crippen LogP contribution in [0.1, 0.15) is 10.4 Å². The second kappa shape index (κ2) is 8.13. The van der Waals surface area contributed by atoms with Crippen LogP contribution in [0.25, 0.3) is 10.2 Å². The Bertz CT molecular complexity index is 1240. The number of thiazole rings is 1. The quantitative estimate of drug-likeness (QED) is 0.591. The third kappa shape index (κ3) is 4.12. The van der Waals surface area contributed by atoms with Gasteiger partial charge in [0.05, 0.1) is 9.60 Å². The Labute approximate surface area is 182 Å². The molecule has 7 nitrogen and oxygen atoms in total. The third-order valence-corrected chi connectivity index (χ3v) is 8.01. The van der Waals surface area contributed by atoms with Crippen LogP contribution in [0, 0.1) is 11.6 Å². The maximum atomic E-state index is 13.9. The second-order valence-electron chi connectivity index (χ2n) is 7.32. The summed E-state index contributed by atoms with van der Waals surface area (Å²) in [5.41, 5.74) is 0.552. The molecule has 2 heterocycles. The van der Waals surface area contributed by atoms with Crippen molar-refractivity contribution in [3.63, 3.8) is 0 Å². The predicted molar refractivity (Wildman–Crippen MR) is 115 cm³/mol. The number of nitrogens with zero attached hydrogens (tertiary/aromatic N) is 4. The number of halogens is 2. The molecule has 0 spiro atoms. The van der Waals surface area contributed by atoms with Gasteiger partial charge in [-0.05, 0) is 30.3 Å². The van der Waals surface area contributed by atoms with Gasteiger partial charge in [-0.15, -0.1) is 0 Å². The molecular formula is C20H20F2N4O3S2. The fourth-order valence-electron chi connectivity index (χ4n) is 3.34. The highest BCUT2D eigenvalue weighted by Gasteiger charge is 2.25. The molecule has 0 radical (unpaired) electrons. The standard InChI is InChI=1S/C20H20F2N4O3S2/c1-24(2)31(28,29)15-5-3-13(4-6-15)19(27)25-7-9-26(10-8-25)20-23-18-16(22)11-14(21)12-17(18)30-20/h3-6,11-12H,7-10H2,1-2H3. The number of rotatable bonds is 4. The van der Waals surface area contributed by atoms with Crippen LogP contribution in [0.15, 0.2) is 41.3 Å². The lowest BCUT2D eigenvalue weighted by Gasteiger charge is -2.34. The smallest absolute Gasteiger partial charge is 0.253 e. The molecule has 1 amide bonds. The van der Waals surface area contributed by atoms with Gasteiger partial charge in [-0.25, -0.2) is 26.5 Å². The summed E-state index contributed by atoms with van der Waals surface area (Å²) in [5.74, 6) is -1.52. The van der Waals surface area contributed by atoms with E-state index in [2.05, 4.69) is 4.98 Å². The average molecular weight is 467 g/mol. The summed E-state index contributed by atoms with van der Waals surface area (Å²) >= 11 is 1.21. The van der Waals surface area contributed by atoms with Crippen molar-refractivity contribution in [2.24, 2.45) is 0 Å². The summed E-state index contributed by atoms with van der Waals surface area (Å²) in [6.07, 6.45) is 0. The summed E-state index contributed by atoms with van der Waals surface area (Å²) in [4.78, 5) is 20.8. The molecule has 0 saturated carbocycles. The Balaban J connectivity index is 1.44. The summed E-state index contributed by atoms with van der Waals surface area (Å²) in [7, 11) is -0.656. The first-order valence-electron chi connectivity index (χ1n) is 9.49. The van der Waals surface area contributed by atoms with Gasteiger partial charge in [0, 0.05) is 51.9 Å². The highest BCUT2D eigenvalue weighted by Crippen LogP contribution is 2.31. The van der Waals surface area contributed by atoms with Crippen molar-refractivity contribution < 1.29 is 22.0 Å². The van der Waals surface area contributed by atoms with Gasteiger partial charge in [-0.1, -0.05) is 11.3 Å². The summed E-state index contributed by atoms with van der Waals surface area (Å²) in [6, 6.07) is 7.95. The Hall–Kier alpha value is -2.63. The molecule has 1 fully saturated rings. The largest absolute Gasteiger partial charge is 0.345 e. The van der Waals surface area contributed by atoms with E-state index in [1.54, 1.807) is 4.90 Å². The van der Waals surface area contributed by atoms with E-state index in [1.165, 1.54) is 55.8 Å². The zero-order valence-corrected chi connectivity index (χ0v) is 18.5. The van der Waals surface area contributed by atoms with Gasteiger partial charge in [-0.3, -0.25) is 4.79 Å². The molecule has 0 N–H and O–H groups in total. The van der Waals surface area contributed by atoms with Gasteiger partial charge in [0.1, 0.15) is 11.3 Å². The molecule has 4 rings (SSSR count). The Morgan fingerprint density at radius 3 is 2.32 bits per heavy atom. The van der Waals surface area contributed by atoms with E-state index in [0.29, 0.717) is 41.6 Å². The number of piperazine rings is 1. The minimum Gasteiger partial charge on any atom is -0.345 e. The van der Waals surface area contributed by atoms with Gasteiger partial charge in [-0.2, -0.15) is 0 Å². The Morgan fingerprint density at radius 2 is 1.71 bits per heavy atom. The van der Waals surface area contributed by atoms with Gasteiger partial charge in [0.15, 0.2) is 10.9 Å². The number of sulfonamides is 1. The van der Waals surface area contributed by atoms with E-state index in [0.717, 1.165) is 10.4 Å². The number of benzene rings is 2. The molecule has 0 atom stereocenters. The molecule has 0 aliphatic carbocycles. The molecule has 3 aromatic rings. The van der Waals surface area contributed by atoms with E-state index in [1.807, 2.05) is 4.90 Å². The van der Waals surface area contributed by atoms with Crippen LogP contribution < -0.4 is 4.90 Å². The van der Waals surface area contributed by atoms with Crippen LogP contribution in [-0.2, 0) is 10.0 Å². The van der Waals surface area contributed by atoms with Crippen molar-refractivity contribution in [2.75, 3.05) is 45.2 Å². The first-order chi connectivity index (χ1) is 14.7. The third-order valence-electron chi connectivity index (χ3n) is 5.12. The van der Waals surface area contributed by atoms with Crippen LogP contribution in [0.3, 0.4) is 0 Å². The maximum Gasteiger partial charge on any atom is 0.253 e. The second-order valence-corrected chi connectivity index (χ2v) is 10.5. The SMILES string of the molecule is CN(C)S(=O)(=O)c1ccc(C(=O)N2CCN(c3nc4c(F)cc(F)cc4s3)CC2)cc1. The number of hydrogen-bond donors (Lipinski definition) is 0. The van der Waals surface area contributed by atoms with Crippen molar-refractivity contribution in [1.29, 1.82) is 0 Å². The van der Waals surface area contributed by atoms with Crippen LogP contribution in [0.4, 0.5) is 13.9 Å². The number of carbonyl (C=O) groups is 1. The number of anilines is 1. The fourth-order valence-corrected chi connectivity index (χ4v) is 5.30. The normalized spacial score (nSPS) is 15.1. The number of amides is 1. The van der Waals surface area contributed by atoms with E-state index >= 15 is 0 Å². The summed E-state index contributed by atoms with van der Waals surface area (Å²) in [5, 5.41) is 0.588. The molecule has 11 heteroatoms. The number of hydrogen-bond acceptors (Lipinski definition) is 6. The lowest BCUT2D eigenvalue weighted by Crippen LogP contribution is -2.48. The summed E-state index contributed by atoms with van der Waals surface area (Å²) in [6.45, 7) is 1.87. The topological polar surface area (TPSA) is 73.8 Å². The zero-order valence-electron chi connectivity index (χ0n) is 16.9. The molecular weight excluding hydrogens is 446 g/mol. The Morgan fingerprint density at radius 1 is 1.06 bits per heavy atom. The maximum absolute atomic E-state index is 13.9. The van der Waals surface area contributed by atoms with Crippen molar-refractivity contribution in [3.05, 3.63) is 53.6 Å². The molecule has 2 aromatic carbocycles. The Kier molecular flexibility index (Phi) is 5.67. The molecule has 1 aliphatic rings.